The van der Waals surface area contributed by atoms with Crippen LogP contribution in [-0.4, -0.2) is 72.5 Å². The van der Waals surface area contributed by atoms with Gasteiger partial charge in [-0.25, -0.2) is 4.39 Å². The van der Waals surface area contributed by atoms with Crippen molar-refractivity contribution in [3.63, 3.8) is 0 Å². The summed E-state index contributed by atoms with van der Waals surface area (Å²) >= 11 is 0. The minimum Gasteiger partial charge on any atom is -0.493 e. The highest BCUT2D eigenvalue weighted by molar-refractivity contribution is 5.95. The first-order valence-electron chi connectivity index (χ1n) is 13.6. The molecule has 2 aromatic carbocycles. The van der Waals surface area contributed by atoms with E-state index in [1.54, 1.807) is 19.1 Å². The third kappa shape index (κ3) is 8.90. The quantitative estimate of drug-likeness (QED) is 0.441. The highest BCUT2D eigenvalue weighted by atomic mass is 19.1. The van der Waals surface area contributed by atoms with Gasteiger partial charge in [-0.1, -0.05) is 13.0 Å². The molecule has 0 spiro atoms. The van der Waals surface area contributed by atoms with E-state index in [0.717, 1.165) is 0 Å². The highest BCUT2D eigenvalue weighted by Gasteiger charge is 2.22. The molecule has 0 saturated carbocycles. The SMILES string of the molecule is CC[C@@H]1NC(=O)CCCN(C(=O)[C@@H](C)O)CCCNC(=O)c2ccc(OC)c(c2)Oc2ccc(cc2F)CNC1=O. The maximum atomic E-state index is 14.9. The van der Waals surface area contributed by atoms with E-state index in [0.29, 0.717) is 30.6 Å². The molecule has 2 aliphatic heterocycles. The largest absolute Gasteiger partial charge is 0.493 e. The number of hydrogen-bond acceptors (Lipinski definition) is 7. The van der Waals surface area contributed by atoms with Gasteiger partial charge in [-0.15, -0.1) is 0 Å². The average Bonchev–Trinajstić information content (AvgIpc) is 2.95. The molecule has 0 unspecified atom stereocenters. The molecule has 0 aliphatic carbocycles. The van der Waals surface area contributed by atoms with Crippen LogP contribution in [0.5, 0.6) is 17.2 Å². The molecule has 12 heteroatoms. The average molecular weight is 573 g/mol. The number of aliphatic hydroxyl groups excluding tert-OH is 1. The maximum absolute atomic E-state index is 14.9. The van der Waals surface area contributed by atoms with Crippen molar-refractivity contribution in [2.45, 2.75) is 58.2 Å². The smallest absolute Gasteiger partial charge is 0.251 e. The second kappa shape index (κ2) is 15.0. The number of nitrogens with zero attached hydrogens (tertiary/aromatic N) is 1. The van der Waals surface area contributed by atoms with Crippen molar-refractivity contribution >= 4 is 23.6 Å². The fourth-order valence-electron chi connectivity index (χ4n) is 4.29. The first kappa shape index (κ1) is 31.3. The molecule has 0 saturated heterocycles. The summed E-state index contributed by atoms with van der Waals surface area (Å²) in [5.74, 6) is -2.01. The zero-order valence-electron chi connectivity index (χ0n) is 23.5. The molecule has 2 aromatic rings. The third-order valence-electron chi connectivity index (χ3n) is 6.56. The van der Waals surface area contributed by atoms with Crippen molar-refractivity contribution in [1.82, 2.24) is 20.9 Å². The van der Waals surface area contributed by atoms with E-state index < -0.39 is 35.7 Å². The number of carbonyl (C=O) groups excluding carboxylic acids is 4. The van der Waals surface area contributed by atoms with Gasteiger partial charge in [-0.05, 0) is 62.1 Å². The van der Waals surface area contributed by atoms with Crippen molar-refractivity contribution < 1.29 is 38.1 Å². The molecule has 222 valence electrons. The molecule has 0 aromatic heterocycles. The molecular formula is C29H37FN4O7. The predicted molar refractivity (Wildman–Crippen MR) is 148 cm³/mol. The number of carbonyl (C=O) groups is 4. The topological polar surface area (TPSA) is 146 Å². The standard InChI is InChI=1S/C29H37FN4O7/c1-4-22-28(38)32-17-19-8-10-23(21(30)15-19)41-25-16-20(9-11-24(25)40-3)27(37)31-12-6-14-34(29(39)18(2)35)13-5-7-26(36)33-22/h8-11,15-16,18,22,35H,4-7,12-14,17H2,1-3H3,(H,31,37)(H,32,38)(H,33,36)/t18-,22+/m1/s1. The normalized spacial score (nSPS) is 18.4. The van der Waals surface area contributed by atoms with Crippen LogP contribution in [0.3, 0.4) is 0 Å². The fourth-order valence-corrected chi connectivity index (χ4v) is 4.29. The van der Waals surface area contributed by atoms with Gasteiger partial charge in [0.1, 0.15) is 12.1 Å². The molecule has 2 aliphatic rings. The Bertz CT molecular complexity index is 1250. The predicted octanol–water partition coefficient (Wildman–Crippen LogP) is 2.26. The summed E-state index contributed by atoms with van der Waals surface area (Å²) in [7, 11) is 1.42. The zero-order chi connectivity index (χ0) is 29.9. The molecule has 0 fully saturated rings. The van der Waals surface area contributed by atoms with Gasteiger partial charge in [-0.2, -0.15) is 0 Å². The monoisotopic (exact) mass is 572 g/mol. The van der Waals surface area contributed by atoms with Crippen LogP contribution in [0.1, 0.15) is 55.5 Å². The lowest BCUT2D eigenvalue weighted by atomic mass is 10.1. The van der Waals surface area contributed by atoms with E-state index in [1.165, 1.54) is 43.2 Å². The van der Waals surface area contributed by atoms with Crippen molar-refractivity contribution in [3.05, 3.63) is 53.3 Å². The number of aliphatic hydroxyl groups is 1. The van der Waals surface area contributed by atoms with Crippen LogP contribution >= 0.6 is 0 Å². The number of fused-ring (bicyclic) bond motifs is 16. The van der Waals surface area contributed by atoms with Crippen molar-refractivity contribution in [3.8, 4) is 17.2 Å². The van der Waals surface area contributed by atoms with Crippen LogP contribution in [0, 0.1) is 5.82 Å². The van der Waals surface area contributed by atoms with Crippen LogP contribution in [0.25, 0.3) is 0 Å². The Morgan fingerprint density at radius 3 is 2.56 bits per heavy atom. The number of ether oxygens (including phenoxy) is 2. The first-order valence-corrected chi connectivity index (χ1v) is 13.6. The molecule has 2 heterocycles. The highest BCUT2D eigenvalue weighted by Crippen LogP contribution is 2.34. The van der Waals surface area contributed by atoms with E-state index in [1.807, 2.05) is 0 Å². The molecule has 2 atom stereocenters. The molecule has 4 rings (SSSR count). The number of methoxy groups -OCH3 is 1. The van der Waals surface area contributed by atoms with Gasteiger partial charge in [0.25, 0.3) is 11.8 Å². The van der Waals surface area contributed by atoms with E-state index in [-0.39, 0.29) is 55.6 Å². The lowest BCUT2D eigenvalue weighted by Gasteiger charge is -2.24. The lowest BCUT2D eigenvalue weighted by Crippen LogP contribution is -2.46. The van der Waals surface area contributed by atoms with Crippen LogP contribution < -0.4 is 25.4 Å². The van der Waals surface area contributed by atoms with Gasteiger partial charge < -0.3 is 35.4 Å². The van der Waals surface area contributed by atoms with Crippen LogP contribution in [-0.2, 0) is 20.9 Å². The Labute approximate surface area is 238 Å². The van der Waals surface area contributed by atoms with Crippen LogP contribution in [0.15, 0.2) is 36.4 Å². The van der Waals surface area contributed by atoms with Crippen LogP contribution in [0.4, 0.5) is 4.39 Å². The summed E-state index contributed by atoms with van der Waals surface area (Å²) in [6, 6.07) is 7.98. The molecule has 4 N–H and O–H groups in total. The summed E-state index contributed by atoms with van der Waals surface area (Å²) in [5.41, 5.74) is 0.734. The minimum absolute atomic E-state index is 0.0256. The summed E-state index contributed by atoms with van der Waals surface area (Å²) in [6.07, 6.45) is -0.0958. The van der Waals surface area contributed by atoms with Gasteiger partial charge in [0, 0.05) is 38.2 Å². The number of rotatable bonds is 3. The van der Waals surface area contributed by atoms with Crippen LogP contribution in [0.2, 0.25) is 0 Å². The van der Waals surface area contributed by atoms with E-state index in [9.17, 15) is 28.7 Å². The maximum Gasteiger partial charge on any atom is 0.251 e. The van der Waals surface area contributed by atoms with Gasteiger partial charge in [0.15, 0.2) is 23.1 Å². The summed E-state index contributed by atoms with van der Waals surface area (Å²) in [4.78, 5) is 52.0. The minimum atomic E-state index is -1.22. The Hall–Kier alpha value is -4.19. The Morgan fingerprint density at radius 2 is 1.88 bits per heavy atom. The molecular weight excluding hydrogens is 535 g/mol. The fraction of sp³-hybridized carbons (Fsp3) is 0.448. The molecule has 4 bridgehead atoms. The molecule has 4 amide bonds. The van der Waals surface area contributed by atoms with Crippen molar-refractivity contribution in [1.29, 1.82) is 0 Å². The number of halogens is 1. The third-order valence-corrected chi connectivity index (χ3v) is 6.56. The Kier molecular flexibility index (Phi) is 11.5. The summed E-state index contributed by atoms with van der Waals surface area (Å²) in [6.45, 7) is 3.85. The lowest BCUT2D eigenvalue weighted by molar-refractivity contribution is -0.139. The Balaban J connectivity index is 1.85. The van der Waals surface area contributed by atoms with E-state index in [2.05, 4.69) is 16.0 Å². The first-order chi connectivity index (χ1) is 19.6. The second-order valence-corrected chi connectivity index (χ2v) is 9.69. The van der Waals surface area contributed by atoms with Gasteiger partial charge in [-0.3, -0.25) is 19.2 Å². The van der Waals surface area contributed by atoms with Gasteiger partial charge >= 0.3 is 0 Å². The molecule has 41 heavy (non-hydrogen) atoms. The van der Waals surface area contributed by atoms with E-state index >= 15 is 0 Å². The Morgan fingerprint density at radius 1 is 1.12 bits per heavy atom. The molecule has 11 nitrogen and oxygen atoms in total. The van der Waals surface area contributed by atoms with E-state index in [4.69, 9.17) is 9.47 Å². The molecule has 0 radical (unpaired) electrons. The number of hydrogen-bond donors (Lipinski definition) is 4. The summed E-state index contributed by atoms with van der Waals surface area (Å²) in [5, 5.41) is 18.0. The van der Waals surface area contributed by atoms with Gasteiger partial charge in [0.05, 0.1) is 7.11 Å². The second-order valence-electron chi connectivity index (χ2n) is 9.69. The zero-order valence-corrected chi connectivity index (χ0v) is 23.5. The van der Waals surface area contributed by atoms with Gasteiger partial charge in [0.2, 0.25) is 11.8 Å². The van der Waals surface area contributed by atoms with Crippen molar-refractivity contribution in [2.75, 3.05) is 26.7 Å². The number of benzene rings is 2. The number of amides is 4. The summed E-state index contributed by atoms with van der Waals surface area (Å²) < 4.78 is 26.0. The number of nitrogens with one attached hydrogen (secondary N) is 3. The van der Waals surface area contributed by atoms with Crippen molar-refractivity contribution in [2.24, 2.45) is 0 Å².